The molecule has 128 valence electrons. The Morgan fingerprint density at radius 2 is 1.83 bits per heavy atom. The van der Waals surface area contributed by atoms with E-state index in [9.17, 15) is 0 Å². The quantitative estimate of drug-likeness (QED) is 0.773. The van der Waals surface area contributed by atoms with Crippen molar-refractivity contribution < 1.29 is 18.9 Å². The third-order valence-electron chi connectivity index (χ3n) is 4.50. The van der Waals surface area contributed by atoms with Crippen LogP contribution in [0.15, 0.2) is 36.4 Å². The second-order valence-electron chi connectivity index (χ2n) is 6.18. The van der Waals surface area contributed by atoms with Gasteiger partial charge in [-0.25, -0.2) is 0 Å². The molecule has 0 saturated heterocycles. The molecule has 0 bridgehead atoms. The molecule has 1 aliphatic rings. The van der Waals surface area contributed by atoms with Crippen LogP contribution in [-0.4, -0.2) is 27.6 Å². The normalized spacial score (nSPS) is 19.5. The number of ether oxygens (including phenoxy) is 4. The Labute approximate surface area is 143 Å². The van der Waals surface area contributed by atoms with Gasteiger partial charge in [-0.05, 0) is 48.7 Å². The predicted molar refractivity (Wildman–Crippen MR) is 92.8 cm³/mol. The molecule has 2 aromatic rings. The summed E-state index contributed by atoms with van der Waals surface area (Å²) < 4.78 is 22.6. The molecule has 2 aromatic carbocycles. The molecule has 0 aromatic heterocycles. The van der Waals surface area contributed by atoms with E-state index in [1.165, 1.54) is 16.7 Å². The monoisotopic (exact) mass is 328 g/mol. The first kappa shape index (κ1) is 16.8. The van der Waals surface area contributed by atoms with Gasteiger partial charge >= 0.3 is 0 Å². The van der Waals surface area contributed by atoms with Crippen LogP contribution in [0.4, 0.5) is 0 Å². The van der Waals surface area contributed by atoms with Crippen LogP contribution in [-0.2, 0) is 9.47 Å². The molecule has 4 nitrogen and oxygen atoms in total. The van der Waals surface area contributed by atoms with Crippen LogP contribution in [0, 0.1) is 13.8 Å². The van der Waals surface area contributed by atoms with Crippen molar-refractivity contribution in [3.8, 4) is 11.5 Å². The summed E-state index contributed by atoms with van der Waals surface area (Å²) in [5.74, 6) is 1.87. The fourth-order valence-electron chi connectivity index (χ4n) is 3.28. The number of hydrogen-bond acceptors (Lipinski definition) is 4. The van der Waals surface area contributed by atoms with Gasteiger partial charge in [0.2, 0.25) is 0 Å². The molecule has 24 heavy (non-hydrogen) atoms. The number of hydrogen-bond donors (Lipinski definition) is 0. The summed E-state index contributed by atoms with van der Waals surface area (Å²) in [5, 5.41) is 0. The zero-order valence-corrected chi connectivity index (χ0v) is 14.7. The van der Waals surface area contributed by atoms with Gasteiger partial charge in [0, 0.05) is 18.6 Å². The van der Waals surface area contributed by atoms with Crippen LogP contribution >= 0.6 is 0 Å². The van der Waals surface area contributed by atoms with Gasteiger partial charge in [-0.3, -0.25) is 0 Å². The van der Waals surface area contributed by atoms with Crippen LogP contribution in [0.25, 0.3) is 0 Å². The Balaban J connectivity index is 1.99. The van der Waals surface area contributed by atoms with Gasteiger partial charge in [0.15, 0.2) is 0 Å². The Kier molecular flexibility index (Phi) is 5.07. The van der Waals surface area contributed by atoms with Gasteiger partial charge in [-0.15, -0.1) is 0 Å². The summed E-state index contributed by atoms with van der Waals surface area (Å²) in [6.07, 6.45) is -0.0959. The van der Waals surface area contributed by atoms with E-state index in [0.29, 0.717) is 6.61 Å². The molecular formula is C20H24O4. The molecule has 0 radical (unpaired) electrons. The molecule has 0 fully saturated rings. The van der Waals surface area contributed by atoms with Gasteiger partial charge in [-0.1, -0.05) is 18.2 Å². The van der Waals surface area contributed by atoms with E-state index in [2.05, 4.69) is 38.1 Å². The smallest absolute Gasteiger partial charge is 0.147 e. The minimum Gasteiger partial charge on any atom is -0.497 e. The van der Waals surface area contributed by atoms with Crippen molar-refractivity contribution in [3.05, 3.63) is 58.7 Å². The van der Waals surface area contributed by atoms with Gasteiger partial charge in [0.25, 0.3) is 0 Å². The lowest BCUT2D eigenvalue weighted by Crippen LogP contribution is -2.27. The number of fused-ring (bicyclic) bond motifs is 1. The summed E-state index contributed by atoms with van der Waals surface area (Å²) in [6, 6.07) is 12.4. The van der Waals surface area contributed by atoms with Crippen molar-refractivity contribution in [1.29, 1.82) is 0 Å². The SMILES string of the molecule is COCO[C@H]1c2ccc(C)cc2OC[C@@H]1c1ccc(OC)cc1C. The molecule has 4 heteroatoms. The highest BCUT2D eigenvalue weighted by Crippen LogP contribution is 2.44. The zero-order valence-electron chi connectivity index (χ0n) is 14.7. The van der Waals surface area contributed by atoms with E-state index in [0.717, 1.165) is 17.1 Å². The maximum Gasteiger partial charge on any atom is 0.147 e. The molecule has 0 amide bonds. The Morgan fingerprint density at radius 1 is 1.04 bits per heavy atom. The molecular weight excluding hydrogens is 304 g/mol. The first-order valence-electron chi connectivity index (χ1n) is 8.12. The highest BCUT2D eigenvalue weighted by molar-refractivity contribution is 5.45. The fraction of sp³-hybridized carbons (Fsp3) is 0.400. The van der Waals surface area contributed by atoms with Gasteiger partial charge in [0.1, 0.15) is 18.3 Å². The molecule has 2 atom stereocenters. The van der Waals surface area contributed by atoms with Crippen molar-refractivity contribution in [2.75, 3.05) is 27.6 Å². The molecule has 0 aliphatic carbocycles. The molecule has 0 spiro atoms. The minimum atomic E-state index is -0.0959. The van der Waals surface area contributed by atoms with E-state index in [1.807, 2.05) is 12.1 Å². The van der Waals surface area contributed by atoms with Gasteiger partial charge < -0.3 is 18.9 Å². The van der Waals surface area contributed by atoms with Gasteiger partial charge in [0.05, 0.1) is 19.8 Å². The van der Waals surface area contributed by atoms with Crippen molar-refractivity contribution in [2.24, 2.45) is 0 Å². The van der Waals surface area contributed by atoms with Crippen LogP contribution in [0.2, 0.25) is 0 Å². The van der Waals surface area contributed by atoms with Crippen molar-refractivity contribution in [3.63, 3.8) is 0 Å². The summed E-state index contributed by atoms with van der Waals surface area (Å²) in [7, 11) is 3.32. The van der Waals surface area contributed by atoms with Crippen LogP contribution in [0.5, 0.6) is 11.5 Å². The molecule has 1 aliphatic heterocycles. The standard InChI is InChI=1S/C20H24O4/c1-13-5-7-17-19(9-13)23-11-18(20(17)24-12-21-3)16-8-6-15(22-4)10-14(16)2/h5-10,18,20H,11-12H2,1-4H3/t18-,20+/m1/s1. The lowest BCUT2D eigenvalue weighted by molar-refractivity contribution is -0.0920. The van der Waals surface area contributed by atoms with E-state index in [-0.39, 0.29) is 18.8 Å². The third-order valence-corrected chi connectivity index (χ3v) is 4.50. The van der Waals surface area contributed by atoms with Gasteiger partial charge in [-0.2, -0.15) is 0 Å². The molecule has 1 heterocycles. The lowest BCUT2D eigenvalue weighted by atomic mass is 9.85. The van der Waals surface area contributed by atoms with Crippen molar-refractivity contribution in [2.45, 2.75) is 25.9 Å². The fourth-order valence-corrected chi connectivity index (χ4v) is 3.28. The summed E-state index contributed by atoms with van der Waals surface area (Å²) in [4.78, 5) is 0. The molecule has 0 saturated carbocycles. The first-order valence-corrected chi connectivity index (χ1v) is 8.12. The summed E-state index contributed by atoms with van der Waals surface area (Å²) in [5.41, 5.74) is 4.63. The predicted octanol–water partition coefficient (Wildman–Crippen LogP) is 4.15. The van der Waals surface area contributed by atoms with E-state index < -0.39 is 0 Å². The van der Waals surface area contributed by atoms with E-state index in [1.54, 1.807) is 14.2 Å². The van der Waals surface area contributed by atoms with Crippen molar-refractivity contribution in [1.82, 2.24) is 0 Å². The van der Waals surface area contributed by atoms with E-state index in [4.69, 9.17) is 18.9 Å². The van der Waals surface area contributed by atoms with Crippen LogP contribution < -0.4 is 9.47 Å². The number of aryl methyl sites for hydroxylation is 2. The highest BCUT2D eigenvalue weighted by atomic mass is 16.7. The number of methoxy groups -OCH3 is 2. The molecule has 0 unspecified atom stereocenters. The van der Waals surface area contributed by atoms with Crippen LogP contribution in [0.1, 0.15) is 34.3 Å². The first-order chi connectivity index (χ1) is 11.6. The van der Waals surface area contributed by atoms with Crippen molar-refractivity contribution >= 4 is 0 Å². The molecule has 0 N–H and O–H groups in total. The average Bonchev–Trinajstić information content (AvgIpc) is 2.59. The largest absolute Gasteiger partial charge is 0.497 e. The Hall–Kier alpha value is -2.04. The average molecular weight is 328 g/mol. The Morgan fingerprint density at radius 3 is 2.54 bits per heavy atom. The maximum absolute atomic E-state index is 6.04. The highest BCUT2D eigenvalue weighted by Gasteiger charge is 2.34. The summed E-state index contributed by atoms with van der Waals surface area (Å²) in [6.45, 7) is 4.99. The maximum atomic E-state index is 6.04. The lowest BCUT2D eigenvalue weighted by Gasteiger charge is -2.34. The second kappa shape index (κ2) is 7.24. The second-order valence-corrected chi connectivity index (χ2v) is 6.18. The van der Waals surface area contributed by atoms with Crippen LogP contribution in [0.3, 0.4) is 0 Å². The molecule has 3 rings (SSSR count). The third kappa shape index (κ3) is 3.25. The van der Waals surface area contributed by atoms with E-state index >= 15 is 0 Å². The zero-order chi connectivity index (χ0) is 17.1. The topological polar surface area (TPSA) is 36.9 Å². The summed E-state index contributed by atoms with van der Waals surface area (Å²) >= 11 is 0. The number of benzene rings is 2. The minimum absolute atomic E-state index is 0.0959. The Bertz CT molecular complexity index is 711. The number of rotatable bonds is 5.